The molecule has 0 aromatic rings. The zero-order valence-electron chi connectivity index (χ0n) is 4.43. The van der Waals surface area contributed by atoms with E-state index in [0.29, 0.717) is 0 Å². The van der Waals surface area contributed by atoms with Crippen LogP contribution in [0.3, 0.4) is 0 Å². The molecular formula is C5H10LaNi-2. The van der Waals surface area contributed by atoms with Gasteiger partial charge in [-0.3, -0.25) is 0 Å². The number of rotatable bonds is 2. The second kappa shape index (κ2) is 15.6. The summed E-state index contributed by atoms with van der Waals surface area (Å²) in [5, 5.41) is 0. The summed E-state index contributed by atoms with van der Waals surface area (Å²) in [6.07, 6.45) is 3.23. The average molecular weight is 268 g/mol. The molecule has 0 aromatic heterocycles. The fourth-order valence-electron chi connectivity index (χ4n) is 0.177. The van der Waals surface area contributed by atoms with E-state index in [1.165, 1.54) is 6.42 Å². The summed E-state index contributed by atoms with van der Waals surface area (Å²) >= 11 is 0. The normalized spacial score (nSPS) is 6.00. The molecule has 0 nitrogen and oxygen atoms in total. The van der Waals surface area contributed by atoms with Gasteiger partial charge in [-0.05, 0) is 0 Å². The van der Waals surface area contributed by atoms with Crippen molar-refractivity contribution in [2.24, 2.45) is 0 Å². The predicted octanol–water partition coefficient (Wildman–Crippen LogP) is 1.82. The Morgan fingerprint density at radius 2 is 1.29 bits per heavy atom. The van der Waals surface area contributed by atoms with E-state index >= 15 is 0 Å². The Kier molecular flexibility index (Phi) is 35.5. The third kappa shape index (κ3) is 18.3. The quantitative estimate of drug-likeness (QED) is 0.529. The first-order chi connectivity index (χ1) is 2.41. The molecule has 0 aliphatic heterocycles. The third-order valence-electron chi connectivity index (χ3n) is 0.500. The van der Waals surface area contributed by atoms with E-state index in [2.05, 4.69) is 13.8 Å². The molecule has 45 valence electrons. The smallest absolute Gasteiger partial charge is 0 e. The summed E-state index contributed by atoms with van der Waals surface area (Å²) in [6.45, 7) is 7.27. The number of hydrogen-bond donors (Lipinski definition) is 0. The van der Waals surface area contributed by atoms with Crippen molar-refractivity contribution in [1.29, 1.82) is 0 Å². The minimum absolute atomic E-state index is 0. The fourth-order valence-corrected chi connectivity index (χ4v) is 0.177. The second-order valence-electron chi connectivity index (χ2n) is 1.06. The van der Waals surface area contributed by atoms with Gasteiger partial charge in [0.2, 0.25) is 0 Å². The predicted molar refractivity (Wildman–Crippen MR) is 24.6 cm³/mol. The summed E-state index contributed by atoms with van der Waals surface area (Å²) in [5.41, 5.74) is 0. The van der Waals surface area contributed by atoms with E-state index in [4.69, 9.17) is 0 Å². The zero-order valence-corrected chi connectivity index (χ0v) is 9.04. The van der Waals surface area contributed by atoms with Crippen molar-refractivity contribution in [3.05, 3.63) is 13.8 Å². The van der Waals surface area contributed by atoms with Crippen molar-refractivity contribution in [2.75, 3.05) is 0 Å². The van der Waals surface area contributed by atoms with Crippen LogP contribution in [0.2, 0.25) is 0 Å². The van der Waals surface area contributed by atoms with Crippen LogP contribution in [0.25, 0.3) is 0 Å². The molecule has 0 heterocycles. The van der Waals surface area contributed by atoms with E-state index in [0.717, 1.165) is 12.8 Å². The van der Waals surface area contributed by atoms with Crippen LogP contribution in [0.15, 0.2) is 0 Å². The van der Waals surface area contributed by atoms with Gasteiger partial charge in [-0.1, -0.05) is 0 Å². The van der Waals surface area contributed by atoms with Crippen LogP contribution < -0.4 is 0 Å². The Balaban J connectivity index is -0.0000000800. The maximum atomic E-state index is 3.64. The van der Waals surface area contributed by atoms with Crippen molar-refractivity contribution in [1.82, 2.24) is 0 Å². The number of hydrogen-bond acceptors (Lipinski definition) is 0. The van der Waals surface area contributed by atoms with Gasteiger partial charge in [0.1, 0.15) is 0 Å². The maximum Gasteiger partial charge on any atom is 0 e. The summed E-state index contributed by atoms with van der Waals surface area (Å²) < 4.78 is 0. The Morgan fingerprint density at radius 1 is 1.00 bits per heavy atom. The molecule has 0 N–H and O–H groups in total. The van der Waals surface area contributed by atoms with Gasteiger partial charge in [0.05, 0.1) is 0 Å². The summed E-state index contributed by atoms with van der Waals surface area (Å²) in [4.78, 5) is 0. The molecule has 0 rings (SSSR count). The molecular weight excluding hydrogens is 258 g/mol. The summed E-state index contributed by atoms with van der Waals surface area (Å²) in [6, 6.07) is 0. The van der Waals surface area contributed by atoms with Gasteiger partial charge in [0.25, 0.3) is 0 Å². The summed E-state index contributed by atoms with van der Waals surface area (Å²) in [7, 11) is 0. The largest absolute Gasteiger partial charge is 0.343 e. The molecule has 0 fully saturated rings. The van der Waals surface area contributed by atoms with E-state index in [9.17, 15) is 0 Å². The Hall–Kier alpha value is 1.69. The Morgan fingerprint density at radius 3 is 1.29 bits per heavy atom. The molecule has 0 atom stereocenters. The van der Waals surface area contributed by atoms with Gasteiger partial charge in [0, 0.05) is 52.1 Å². The first kappa shape index (κ1) is 15.9. The molecule has 0 amide bonds. The SMILES string of the molecule is [CH2-]CCC[CH2-].[La].[Ni]. The van der Waals surface area contributed by atoms with Gasteiger partial charge in [-0.25, -0.2) is 0 Å². The van der Waals surface area contributed by atoms with Crippen LogP contribution in [0.1, 0.15) is 19.3 Å². The molecule has 7 heavy (non-hydrogen) atoms. The van der Waals surface area contributed by atoms with Crippen LogP contribution in [0.5, 0.6) is 0 Å². The van der Waals surface area contributed by atoms with Gasteiger partial charge in [-0.15, -0.1) is 6.42 Å². The van der Waals surface area contributed by atoms with E-state index in [1.54, 1.807) is 0 Å². The first-order valence-electron chi connectivity index (χ1n) is 2.00. The van der Waals surface area contributed by atoms with Gasteiger partial charge in [-0.2, -0.15) is 12.8 Å². The monoisotopic (exact) mass is 267 g/mol. The standard InChI is InChI=1S/C5H10.La.Ni/c1-3-5-4-2;;/h1-5H2;;/q-2;;. The third-order valence-corrected chi connectivity index (χ3v) is 0.500. The minimum Gasteiger partial charge on any atom is -0.343 e. The molecule has 0 saturated heterocycles. The van der Waals surface area contributed by atoms with Crippen molar-refractivity contribution in [2.45, 2.75) is 19.3 Å². The molecule has 0 aliphatic carbocycles. The topological polar surface area (TPSA) is 0 Å². The van der Waals surface area contributed by atoms with E-state index in [-0.39, 0.29) is 52.1 Å². The van der Waals surface area contributed by atoms with Crippen LogP contribution in [-0.4, -0.2) is 0 Å². The van der Waals surface area contributed by atoms with Crippen molar-refractivity contribution in [3.8, 4) is 0 Å². The zero-order chi connectivity index (χ0) is 4.12. The van der Waals surface area contributed by atoms with Crippen LogP contribution >= 0.6 is 0 Å². The Labute approximate surface area is 84.3 Å². The first-order valence-corrected chi connectivity index (χ1v) is 2.00. The van der Waals surface area contributed by atoms with Crippen LogP contribution in [-0.2, 0) is 16.5 Å². The van der Waals surface area contributed by atoms with Crippen molar-refractivity contribution >= 4 is 0 Å². The molecule has 0 bridgehead atoms. The molecule has 0 unspecified atom stereocenters. The Bertz CT molecular complexity index is 15.6. The molecule has 0 saturated carbocycles. The fraction of sp³-hybridized carbons (Fsp3) is 0.600. The number of unbranched alkanes of at least 4 members (excludes halogenated alkanes) is 2. The molecule has 0 aliphatic rings. The van der Waals surface area contributed by atoms with Crippen molar-refractivity contribution < 1.29 is 52.1 Å². The maximum absolute atomic E-state index is 3.64. The van der Waals surface area contributed by atoms with E-state index in [1.807, 2.05) is 0 Å². The second-order valence-corrected chi connectivity index (χ2v) is 1.06. The molecule has 0 spiro atoms. The molecule has 2 heteroatoms. The molecule has 0 aromatic carbocycles. The average Bonchev–Trinajstić information content (AvgIpc) is 1.41. The van der Waals surface area contributed by atoms with Gasteiger partial charge < -0.3 is 13.8 Å². The van der Waals surface area contributed by atoms with Gasteiger partial charge >= 0.3 is 0 Å². The van der Waals surface area contributed by atoms with Crippen LogP contribution in [0.4, 0.5) is 0 Å². The molecule has 1 radical (unpaired) electrons. The van der Waals surface area contributed by atoms with Crippen LogP contribution in [0, 0.1) is 49.4 Å². The van der Waals surface area contributed by atoms with Gasteiger partial charge in [0.15, 0.2) is 0 Å². The summed E-state index contributed by atoms with van der Waals surface area (Å²) in [5.74, 6) is 0. The van der Waals surface area contributed by atoms with E-state index < -0.39 is 0 Å². The minimum atomic E-state index is 0. The van der Waals surface area contributed by atoms with Crippen molar-refractivity contribution in [3.63, 3.8) is 0 Å².